The van der Waals surface area contributed by atoms with Gasteiger partial charge in [0.2, 0.25) is 0 Å². The molecule has 0 bridgehead atoms. The van der Waals surface area contributed by atoms with Crippen molar-refractivity contribution < 1.29 is 19.8 Å². The molecule has 3 aromatic carbocycles. The third kappa shape index (κ3) is 8.45. The second-order valence-corrected chi connectivity index (χ2v) is 5.50. The van der Waals surface area contributed by atoms with Crippen molar-refractivity contribution in [2.24, 2.45) is 0 Å². The van der Waals surface area contributed by atoms with Gasteiger partial charge in [0.1, 0.15) is 0 Å². The Hall–Kier alpha value is -3.40. The molecule has 0 heterocycles. The van der Waals surface area contributed by atoms with Crippen molar-refractivity contribution in [1.82, 2.24) is 0 Å². The van der Waals surface area contributed by atoms with Crippen LogP contribution in [0.15, 0.2) is 84.9 Å². The molecular weight excluding hydrogens is 328 g/mol. The van der Waals surface area contributed by atoms with Gasteiger partial charge in [0.05, 0.1) is 11.1 Å². The van der Waals surface area contributed by atoms with Gasteiger partial charge < -0.3 is 10.2 Å². The van der Waals surface area contributed by atoms with Gasteiger partial charge in [-0.05, 0) is 38.1 Å². The first-order chi connectivity index (χ1) is 12.4. The monoisotopic (exact) mass is 350 g/mol. The van der Waals surface area contributed by atoms with Crippen molar-refractivity contribution in [2.45, 2.75) is 13.8 Å². The smallest absolute Gasteiger partial charge is 0.335 e. The summed E-state index contributed by atoms with van der Waals surface area (Å²) in [7, 11) is 0. The van der Waals surface area contributed by atoms with Gasteiger partial charge in [-0.15, -0.1) is 0 Å². The Morgan fingerprint density at radius 1 is 0.577 bits per heavy atom. The number of hydrogen-bond donors (Lipinski definition) is 2. The van der Waals surface area contributed by atoms with Crippen LogP contribution in [0.2, 0.25) is 0 Å². The second-order valence-electron chi connectivity index (χ2n) is 5.50. The summed E-state index contributed by atoms with van der Waals surface area (Å²) >= 11 is 0. The zero-order valence-corrected chi connectivity index (χ0v) is 14.8. The molecule has 0 aromatic heterocycles. The molecule has 4 nitrogen and oxygen atoms in total. The molecule has 0 saturated heterocycles. The van der Waals surface area contributed by atoms with Crippen LogP contribution in [0.3, 0.4) is 0 Å². The Balaban J connectivity index is 0.000000195. The third-order valence-corrected chi connectivity index (χ3v) is 3.22. The number of hydrogen-bond acceptors (Lipinski definition) is 2. The summed E-state index contributed by atoms with van der Waals surface area (Å²) in [6, 6.07) is 25.0. The molecule has 0 atom stereocenters. The number of benzene rings is 3. The summed E-state index contributed by atoms with van der Waals surface area (Å²) in [6.45, 7) is 4.21. The predicted molar refractivity (Wildman–Crippen MR) is 103 cm³/mol. The fourth-order valence-corrected chi connectivity index (χ4v) is 1.97. The van der Waals surface area contributed by atoms with Crippen molar-refractivity contribution in [1.29, 1.82) is 0 Å². The Labute approximate surface area is 153 Å². The Morgan fingerprint density at radius 3 is 1.12 bits per heavy atom. The number of aryl methyl sites for hydroxylation is 2. The molecule has 134 valence electrons. The van der Waals surface area contributed by atoms with Crippen molar-refractivity contribution in [3.8, 4) is 0 Å². The van der Waals surface area contributed by atoms with Gasteiger partial charge in [0.25, 0.3) is 0 Å². The summed E-state index contributed by atoms with van der Waals surface area (Å²) in [5.74, 6) is -1.76. The zero-order valence-electron chi connectivity index (χ0n) is 14.8. The molecule has 2 N–H and O–H groups in total. The van der Waals surface area contributed by atoms with Crippen molar-refractivity contribution in [3.05, 3.63) is 107 Å². The SMILES string of the molecule is Cc1cccc(C)c1.O=C(O)c1ccccc1.O=C(O)c1ccccc1. The molecular formula is C22H22O4. The van der Waals surface area contributed by atoms with Crippen LogP contribution in [0.5, 0.6) is 0 Å². The van der Waals surface area contributed by atoms with Gasteiger partial charge in [0, 0.05) is 0 Å². The second kappa shape index (κ2) is 11.2. The summed E-state index contributed by atoms with van der Waals surface area (Å²) in [5, 5.41) is 16.8. The molecule has 0 saturated carbocycles. The van der Waals surface area contributed by atoms with Crippen LogP contribution in [0, 0.1) is 13.8 Å². The minimum absolute atomic E-state index is 0.331. The highest BCUT2D eigenvalue weighted by atomic mass is 16.4. The maximum absolute atomic E-state index is 10.2. The molecule has 0 unspecified atom stereocenters. The van der Waals surface area contributed by atoms with E-state index in [0.29, 0.717) is 11.1 Å². The molecule has 0 spiro atoms. The van der Waals surface area contributed by atoms with Crippen molar-refractivity contribution >= 4 is 11.9 Å². The number of carboxylic acid groups (broad SMARTS) is 2. The lowest BCUT2D eigenvalue weighted by Gasteiger charge is -1.90. The third-order valence-electron chi connectivity index (χ3n) is 3.22. The maximum Gasteiger partial charge on any atom is 0.335 e. The fourth-order valence-electron chi connectivity index (χ4n) is 1.97. The summed E-state index contributed by atoms with van der Waals surface area (Å²) in [4.78, 5) is 20.4. The minimum atomic E-state index is -0.879. The van der Waals surface area contributed by atoms with E-state index in [2.05, 4.69) is 38.1 Å². The quantitative estimate of drug-likeness (QED) is 0.676. The lowest BCUT2D eigenvalue weighted by atomic mass is 10.2. The van der Waals surface area contributed by atoms with Crippen LogP contribution in [-0.4, -0.2) is 22.2 Å². The topological polar surface area (TPSA) is 74.6 Å². The van der Waals surface area contributed by atoms with Crippen LogP contribution >= 0.6 is 0 Å². The van der Waals surface area contributed by atoms with Gasteiger partial charge >= 0.3 is 11.9 Å². The molecule has 0 radical (unpaired) electrons. The van der Waals surface area contributed by atoms with Crippen LogP contribution in [0.25, 0.3) is 0 Å². The van der Waals surface area contributed by atoms with E-state index < -0.39 is 11.9 Å². The molecule has 0 fully saturated rings. The van der Waals surface area contributed by atoms with Gasteiger partial charge in [-0.1, -0.05) is 71.8 Å². The Bertz CT molecular complexity index is 745. The van der Waals surface area contributed by atoms with E-state index in [4.69, 9.17) is 10.2 Å². The highest BCUT2D eigenvalue weighted by Crippen LogP contribution is 2.00. The van der Waals surface area contributed by atoms with Crippen LogP contribution in [-0.2, 0) is 0 Å². The summed E-state index contributed by atoms with van der Waals surface area (Å²) in [6.07, 6.45) is 0. The van der Waals surface area contributed by atoms with E-state index in [0.717, 1.165) is 0 Å². The van der Waals surface area contributed by atoms with Crippen LogP contribution < -0.4 is 0 Å². The average Bonchev–Trinajstić information content (AvgIpc) is 2.64. The first-order valence-electron chi connectivity index (χ1n) is 8.00. The Kier molecular flexibility index (Phi) is 8.90. The normalized spacial score (nSPS) is 9.00. The fraction of sp³-hybridized carbons (Fsp3) is 0.0909. The molecule has 0 aliphatic rings. The van der Waals surface area contributed by atoms with Crippen LogP contribution in [0.1, 0.15) is 31.8 Å². The molecule has 0 amide bonds. The number of aromatic carboxylic acids is 2. The largest absolute Gasteiger partial charge is 0.478 e. The van der Waals surface area contributed by atoms with Gasteiger partial charge in [0.15, 0.2) is 0 Å². The Morgan fingerprint density at radius 2 is 0.923 bits per heavy atom. The average molecular weight is 350 g/mol. The van der Waals surface area contributed by atoms with E-state index in [9.17, 15) is 9.59 Å². The van der Waals surface area contributed by atoms with Gasteiger partial charge in [-0.3, -0.25) is 0 Å². The lowest BCUT2D eigenvalue weighted by molar-refractivity contribution is 0.0686. The molecule has 26 heavy (non-hydrogen) atoms. The van der Waals surface area contributed by atoms with Crippen LogP contribution in [0.4, 0.5) is 0 Å². The summed E-state index contributed by atoms with van der Waals surface area (Å²) < 4.78 is 0. The highest BCUT2D eigenvalue weighted by Gasteiger charge is 1.97. The van der Waals surface area contributed by atoms with E-state index in [1.54, 1.807) is 60.7 Å². The van der Waals surface area contributed by atoms with E-state index in [1.807, 2.05) is 0 Å². The molecule has 0 aliphatic carbocycles. The first kappa shape index (κ1) is 20.6. The molecule has 3 aromatic rings. The van der Waals surface area contributed by atoms with E-state index in [-0.39, 0.29) is 0 Å². The standard InChI is InChI=1S/C8H10.2C7H6O2/c1-7-4-3-5-8(2)6-7;2*8-7(9)6-4-2-1-3-5-6/h3-6H,1-2H3;2*1-5H,(H,8,9). The maximum atomic E-state index is 10.2. The van der Waals surface area contributed by atoms with E-state index in [1.165, 1.54) is 11.1 Å². The summed E-state index contributed by atoms with van der Waals surface area (Å²) in [5.41, 5.74) is 3.34. The lowest BCUT2D eigenvalue weighted by Crippen LogP contribution is -1.93. The van der Waals surface area contributed by atoms with Crippen molar-refractivity contribution in [2.75, 3.05) is 0 Å². The van der Waals surface area contributed by atoms with Gasteiger partial charge in [-0.2, -0.15) is 0 Å². The minimum Gasteiger partial charge on any atom is -0.478 e. The molecule has 0 aliphatic heterocycles. The number of carboxylic acids is 2. The highest BCUT2D eigenvalue weighted by molar-refractivity contribution is 5.87. The van der Waals surface area contributed by atoms with E-state index >= 15 is 0 Å². The van der Waals surface area contributed by atoms with Gasteiger partial charge in [-0.25, -0.2) is 9.59 Å². The number of rotatable bonds is 2. The molecule has 4 heteroatoms. The predicted octanol–water partition coefficient (Wildman–Crippen LogP) is 5.07. The van der Waals surface area contributed by atoms with Crippen molar-refractivity contribution in [3.63, 3.8) is 0 Å². The first-order valence-corrected chi connectivity index (χ1v) is 8.00. The number of carbonyl (C=O) groups is 2. The zero-order chi connectivity index (χ0) is 19.4. The molecule has 3 rings (SSSR count).